The van der Waals surface area contributed by atoms with Crippen LogP contribution >= 0.6 is 19.2 Å². The Morgan fingerprint density at radius 3 is 2.42 bits per heavy atom. The summed E-state index contributed by atoms with van der Waals surface area (Å²) in [4.78, 5) is 0. The molecule has 0 aliphatic rings. The van der Waals surface area contributed by atoms with Crippen LogP contribution in [-0.4, -0.2) is 28.1 Å². The van der Waals surface area contributed by atoms with Crippen molar-refractivity contribution in [2.24, 2.45) is 0 Å². The molecule has 0 aromatic heterocycles. The summed E-state index contributed by atoms with van der Waals surface area (Å²) in [6.07, 6.45) is 0.918. The molecule has 1 rings (SSSR count). The molecule has 1 aromatic rings. The lowest BCUT2D eigenvalue weighted by Gasteiger charge is -2.20. The van der Waals surface area contributed by atoms with Crippen LogP contribution in [0.4, 0.5) is 0 Å². The van der Waals surface area contributed by atoms with Crippen molar-refractivity contribution in [1.82, 2.24) is 0 Å². The molecule has 0 heterocycles. The highest BCUT2D eigenvalue weighted by molar-refractivity contribution is 7.68. The van der Waals surface area contributed by atoms with E-state index in [1.165, 1.54) is 0 Å². The Morgan fingerprint density at radius 1 is 1.21 bits per heavy atom. The molecule has 0 amide bonds. The van der Waals surface area contributed by atoms with Gasteiger partial charge >= 0.3 is 0 Å². The van der Waals surface area contributed by atoms with Crippen LogP contribution in [-0.2, 0) is 4.74 Å². The van der Waals surface area contributed by atoms with E-state index in [0.717, 1.165) is 17.7 Å². The molecule has 2 atom stereocenters. The number of hydrogen-bond donors (Lipinski definition) is 0. The second-order valence-electron chi connectivity index (χ2n) is 3.87. The van der Waals surface area contributed by atoms with E-state index in [1.807, 2.05) is 6.07 Å². The minimum absolute atomic E-state index is 0.164. The Morgan fingerprint density at radius 2 is 1.95 bits per heavy atom. The minimum Gasteiger partial charge on any atom is -0.497 e. The smallest absolute Gasteiger partial charge is 0.188 e. The Bertz CT molecular complexity index is 396. The normalized spacial score (nSPS) is 12.7. The molecule has 0 saturated heterocycles. The summed E-state index contributed by atoms with van der Waals surface area (Å²) in [5.74, 6) is 2.02. The maximum atomic E-state index is 6.06. The van der Waals surface area contributed by atoms with Gasteiger partial charge in [-0.15, -0.1) is 0 Å². The van der Waals surface area contributed by atoms with Gasteiger partial charge in [0.25, 0.3) is 0 Å². The molecule has 0 spiro atoms. The SMILES string of the molecule is CCC(PCl)c1cc(OC)cc(OC)c1OCOC. The molecule has 108 valence electrons. The van der Waals surface area contributed by atoms with E-state index < -0.39 is 0 Å². The van der Waals surface area contributed by atoms with Crippen molar-refractivity contribution >= 4 is 19.2 Å². The first kappa shape index (κ1) is 16.4. The standard InChI is InChI=1S/C13H20ClO4P/c1-5-12(19-14)10-6-9(16-3)7-11(17-4)13(10)18-8-15-2/h6-7,12,19H,5,8H2,1-4H3. The summed E-state index contributed by atoms with van der Waals surface area (Å²) in [6.45, 7) is 2.25. The van der Waals surface area contributed by atoms with E-state index in [0.29, 0.717) is 11.5 Å². The molecule has 0 aliphatic heterocycles. The molecule has 19 heavy (non-hydrogen) atoms. The van der Waals surface area contributed by atoms with E-state index in [4.69, 9.17) is 30.2 Å². The minimum atomic E-state index is 0.164. The highest BCUT2D eigenvalue weighted by Gasteiger charge is 2.20. The van der Waals surface area contributed by atoms with Gasteiger partial charge in [0.1, 0.15) is 5.75 Å². The molecule has 1 aromatic carbocycles. The third-order valence-electron chi connectivity index (χ3n) is 2.75. The fourth-order valence-corrected chi connectivity index (χ4v) is 3.06. The molecule has 0 fully saturated rings. The molecule has 0 saturated carbocycles. The average molecular weight is 307 g/mol. The van der Waals surface area contributed by atoms with Gasteiger partial charge < -0.3 is 18.9 Å². The third kappa shape index (κ3) is 4.13. The molecule has 0 bridgehead atoms. The number of halogens is 1. The van der Waals surface area contributed by atoms with Crippen molar-refractivity contribution in [3.8, 4) is 17.2 Å². The molecular weight excluding hydrogens is 287 g/mol. The predicted octanol–water partition coefficient (Wildman–Crippen LogP) is 3.97. The highest BCUT2D eigenvalue weighted by atomic mass is 35.7. The van der Waals surface area contributed by atoms with Gasteiger partial charge in [0, 0.05) is 24.4 Å². The lowest BCUT2D eigenvalue weighted by atomic mass is 10.1. The average Bonchev–Trinajstić information content (AvgIpc) is 2.46. The van der Waals surface area contributed by atoms with Gasteiger partial charge in [-0.2, -0.15) is 0 Å². The number of methoxy groups -OCH3 is 3. The van der Waals surface area contributed by atoms with Crippen LogP contribution in [0.25, 0.3) is 0 Å². The maximum absolute atomic E-state index is 6.06. The third-order valence-corrected chi connectivity index (χ3v) is 4.52. The van der Waals surface area contributed by atoms with Gasteiger partial charge in [-0.1, -0.05) is 18.2 Å². The van der Waals surface area contributed by atoms with Crippen LogP contribution in [0, 0.1) is 0 Å². The van der Waals surface area contributed by atoms with Crippen molar-refractivity contribution in [1.29, 1.82) is 0 Å². The number of ether oxygens (including phenoxy) is 4. The summed E-state index contributed by atoms with van der Waals surface area (Å²) in [6, 6.07) is 3.73. The molecule has 2 unspecified atom stereocenters. The predicted molar refractivity (Wildman–Crippen MR) is 79.3 cm³/mol. The van der Waals surface area contributed by atoms with Crippen LogP contribution in [0.2, 0.25) is 0 Å². The summed E-state index contributed by atoms with van der Waals surface area (Å²) in [7, 11) is 5.07. The first-order valence-electron chi connectivity index (χ1n) is 5.95. The number of hydrogen-bond acceptors (Lipinski definition) is 4. The highest BCUT2D eigenvalue weighted by Crippen LogP contribution is 2.48. The van der Waals surface area contributed by atoms with Crippen molar-refractivity contribution in [3.63, 3.8) is 0 Å². The topological polar surface area (TPSA) is 36.9 Å². The molecular formula is C13H20ClO4P. The van der Waals surface area contributed by atoms with Crippen molar-refractivity contribution in [2.45, 2.75) is 19.0 Å². The quantitative estimate of drug-likeness (QED) is 0.538. The van der Waals surface area contributed by atoms with Gasteiger partial charge in [-0.05, 0) is 20.4 Å². The van der Waals surface area contributed by atoms with Gasteiger partial charge in [-0.3, -0.25) is 0 Å². The van der Waals surface area contributed by atoms with Gasteiger partial charge in [0.05, 0.1) is 14.2 Å². The Hall–Kier alpha value is -0.700. The zero-order valence-electron chi connectivity index (χ0n) is 11.7. The zero-order chi connectivity index (χ0) is 14.3. The van der Waals surface area contributed by atoms with E-state index in [1.54, 1.807) is 27.4 Å². The second-order valence-corrected chi connectivity index (χ2v) is 5.44. The summed E-state index contributed by atoms with van der Waals surface area (Å²) in [5.41, 5.74) is 1.20. The summed E-state index contributed by atoms with van der Waals surface area (Å²) < 4.78 is 21.3. The van der Waals surface area contributed by atoms with E-state index >= 15 is 0 Å². The first-order chi connectivity index (χ1) is 9.21. The summed E-state index contributed by atoms with van der Waals surface area (Å²) >= 11 is 6.06. The summed E-state index contributed by atoms with van der Waals surface area (Å²) in [5, 5.41) is 0. The van der Waals surface area contributed by atoms with Gasteiger partial charge in [-0.25, -0.2) is 0 Å². The number of benzene rings is 1. The fourth-order valence-electron chi connectivity index (χ4n) is 1.75. The number of rotatable bonds is 8. The van der Waals surface area contributed by atoms with Gasteiger partial charge in [0.15, 0.2) is 18.3 Å². The fraction of sp³-hybridized carbons (Fsp3) is 0.538. The van der Waals surface area contributed by atoms with Crippen molar-refractivity contribution in [3.05, 3.63) is 17.7 Å². The Labute approximate surface area is 120 Å². The lowest BCUT2D eigenvalue weighted by molar-refractivity contribution is 0.0483. The lowest BCUT2D eigenvalue weighted by Crippen LogP contribution is -2.05. The van der Waals surface area contributed by atoms with Crippen LogP contribution in [0.15, 0.2) is 12.1 Å². The monoisotopic (exact) mass is 306 g/mol. The van der Waals surface area contributed by atoms with Crippen LogP contribution in [0.1, 0.15) is 24.6 Å². The Balaban J connectivity index is 3.27. The van der Waals surface area contributed by atoms with Crippen LogP contribution < -0.4 is 14.2 Å². The molecule has 0 N–H and O–H groups in total. The van der Waals surface area contributed by atoms with Gasteiger partial charge in [0.2, 0.25) is 0 Å². The molecule has 0 radical (unpaired) electrons. The molecule has 4 nitrogen and oxygen atoms in total. The van der Waals surface area contributed by atoms with Crippen LogP contribution in [0.3, 0.4) is 0 Å². The van der Waals surface area contributed by atoms with Crippen molar-refractivity contribution in [2.75, 3.05) is 28.1 Å². The van der Waals surface area contributed by atoms with Crippen LogP contribution in [0.5, 0.6) is 17.2 Å². The first-order valence-corrected chi connectivity index (χ1v) is 8.04. The molecule has 0 aliphatic carbocycles. The second kappa shape index (κ2) is 8.47. The van der Waals surface area contributed by atoms with E-state index in [2.05, 4.69) is 6.92 Å². The largest absolute Gasteiger partial charge is 0.497 e. The molecule has 6 heteroatoms. The van der Waals surface area contributed by atoms with Crippen molar-refractivity contribution < 1.29 is 18.9 Å². The van der Waals surface area contributed by atoms with E-state index in [9.17, 15) is 0 Å². The van der Waals surface area contributed by atoms with E-state index in [-0.39, 0.29) is 20.4 Å². The Kier molecular flexibility index (Phi) is 7.29. The zero-order valence-corrected chi connectivity index (χ0v) is 13.4. The maximum Gasteiger partial charge on any atom is 0.188 e.